The number of carbonyl (C=O) groups excluding carboxylic acids is 3. The molecule has 3 rings (SSSR count). The molecule has 0 spiro atoms. The zero-order chi connectivity index (χ0) is 17.8. The van der Waals surface area contributed by atoms with Gasteiger partial charge in [-0.3, -0.25) is 19.3 Å². The Morgan fingerprint density at radius 2 is 1.72 bits per heavy atom. The van der Waals surface area contributed by atoms with Crippen LogP contribution in [0.3, 0.4) is 0 Å². The van der Waals surface area contributed by atoms with Crippen LogP contribution in [0.25, 0.3) is 0 Å². The molecule has 0 radical (unpaired) electrons. The van der Waals surface area contributed by atoms with E-state index < -0.39 is 11.8 Å². The normalized spacial score (nSPS) is 18.0. The van der Waals surface area contributed by atoms with E-state index in [1.54, 1.807) is 29.2 Å². The van der Waals surface area contributed by atoms with Crippen LogP contribution in [-0.2, 0) is 9.53 Å². The van der Waals surface area contributed by atoms with Crippen molar-refractivity contribution in [2.24, 2.45) is 5.73 Å². The zero-order valence-electron chi connectivity index (χ0n) is 14.1. The monoisotopic (exact) mass is 345 g/mol. The van der Waals surface area contributed by atoms with Gasteiger partial charge in [0.15, 0.2) is 0 Å². The third-order valence-electron chi connectivity index (χ3n) is 4.67. The first kappa shape index (κ1) is 17.6. The fourth-order valence-electron chi connectivity index (χ4n) is 3.22. The maximum Gasteiger partial charge on any atom is 0.262 e. The van der Waals surface area contributed by atoms with Crippen molar-refractivity contribution >= 4 is 17.7 Å². The number of nitrogens with two attached hydrogens (primary N) is 1. The highest BCUT2D eigenvalue weighted by molar-refractivity contribution is 6.22. The van der Waals surface area contributed by atoms with Crippen molar-refractivity contribution in [3.05, 3.63) is 35.4 Å². The fraction of sp³-hybridized carbons (Fsp3) is 0.500. The van der Waals surface area contributed by atoms with Crippen LogP contribution in [0, 0.1) is 0 Å². The Balaban J connectivity index is 1.52. The average molecular weight is 345 g/mol. The fourth-order valence-corrected chi connectivity index (χ4v) is 3.22. The number of imide groups is 1. The van der Waals surface area contributed by atoms with Crippen molar-refractivity contribution in [3.8, 4) is 0 Å². The first-order valence-corrected chi connectivity index (χ1v) is 8.66. The van der Waals surface area contributed by atoms with Crippen LogP contribution in [0.4, 0.5) is 0 Å². The highest BCUT2D eigenvalue weighted by atomic mass is 16.5. The summed E-state index contributed by atoms with van der Waals surface area (Å²) in [5, 5.41) is 0. The maximum atomic E-state index is 12.5. The number of fused-ring (bicyclic) bond motifs is 1. The van der Waals surface area contributed by atoms with Gasteiger partial charge in [0.05, 0.1) is 17.2 Å². The second kappa shape index (κ2) is 7.76. The topological polar surface area (TPSA) is 92.9 Å². The highest BCUT2D eigenvalue weighted by Crippen LogP contribution is 2.23. The molecule has 134 valence electrons. The predicted molar refractivity (Wildman–Crippen MR) is 91.0 cm³/mol. The highest BCUT2D eigenvalue weighted by Gasteiger charge is 2.37. The van der Waals surface area contributed by atoms with E-state index in [0.29, 0.717) is 37.4 Å². The smallest absolute Gasteiger partial charge is 0.262 e. The molecule has 2 N–H and O–H groups in total. The Morgan fingerprint density at radius 3 is 2.28 bits per heavy atom. The number of likely N-dealkylation sites (tertiary alicyclic amines) is 1. The lowest BCUT2D eigenvalue weighted by Gasteiger charge is -2.32. The first-order chi connectivity index (χ1) is 12.1. The Bertz CT molecular complexity index is 633. The lowest BCUT2D eigenvalue weighted by Crippen LogP contribution is -2.46. The molecule has 7 heteroatoms. The summed E-state index contributed by atoms with van der Waals surface area (Å²) in [6.07, 6.45) is 2.50. The Labute approximate surface area is 146 Å². The number of hydrogen-bond donors (Lipinski definition) is 1. The number of rotatable bonds is 6. The minimum Gasteiger partial charge on any atom is -0.378 e. The van der Waals surface area contributed by atoms with Crippen molar-refractivity contribution < 1.29 is 19.1 Å². The van der Waals surface area contributed by atoms with Crippen LogP contribution in [-0.4, -0.2) is 66.4 Å². The molecule has 0 atom stereocenters. The largest absolute Gasteiger partial charge is 0.378 e. The molecule has 7 nitrogen and oxygen atoms in total. The van der Waals surface area contributed by atoms with E-state index in [2.05, 4.69) is 0 Å². The summed E-state index contributed by atoms with van der Waals surface area (Å²) in [6.45, 7) is 2.21. The van der Waals surface area contributed by atoms with Gasteiger partial charge in [0, 0.05) is 19.7 Å². The second-order valence-corrected chi connectivity index (χ2v) is 6.34. The summed E-state index contributed by atoms with van der Waals surface area (Å²) in [4.78, 5) is 39.9. The average Bonchev–Trinajstić information content (AvgIpc) is 2.88. The van der Waals surface area contributed by atoms with Gasteiger partial charge < -0.3 is 15.4 Å². The van der Waals surface area contributed by atoms with E-state index in [4.69, 9.17) is 10.5 Å². The number of nitrogens with zero attached hydrogens (tertiary/aromatic N) is 2. The molecule has 2 heterocycles. The van der Waals surface area contributed by atoms with Crippen molar-refractivity contribution in [2.45, 2.75) is 25.4 Å². The molecule has 1 saturated heterocycles. The van der Waals surface area contributed by atoms with Gasteiger partial charge in [-0.25, -0.2) is 0 Å². The standard InChI is InChI=1S/C18H23N3O4/c19-8-3-11-25-13-6-9-20(10-7-13)16(22)12-21-17(23)14-4-1-2-5-15(14)18(21)24/h1-2,4-5,13H,3,6-12,19H2. The summed E-state index contributed by atoms with van der Waals surface area (Å²) in [7, 11) is 0. The summed E-state index contributed by atoms with van der Waals surface area (Å²) >= 11 is 0. The van der Waals surface area contributed by atoms with Gasteiger partial charge in [0.1, 0.15) is 6.54 Å². The van der Waals surface area contributed by atoms with Crippen molar-refractivity contribution in [2.75, 3.05) is 32.8 Å². The van der Waals surface area contributed by atoms with Gasteiger partial charge in [0.25, 0.3) is 11.8 Å². The van der Waals surface area contributed by atoms with Gasteiger partial charge in [-0.05, 0) is 37.9 Å². The molecule has 1 aromatic carbocycles. The molecular formula is C18H23N3O4. The minimum absolute atomic E-state index is 0.148. The quantitative estimate of drug-likeness (QED) is 0.603. The molecule has 0 unspecified atom stereocenters. The second-order valence-electron chi connectivity index (χ2n) is 6.34. The molecule has 1 fully saturated rings. The van der Waals surface area contributed by atoms with E-state index in [9.17, 15) is 14.4 Å². The van der Waals surface area contributed by atoms with E-state index in [1.165, 1.54) is 0 Å². The van der Waals surface area contributed by atoms with Crippen LogP contribution in [0.2, 0.25) is 0 Å². The number of ether oxygens (including phenoxy) is 1. The van der Waals surface area contributed by atoms with Crippen LogP contribution in [0.1, 0.15) is 40.0 Å². The third kappa shape index (κ3) is 3.72. The van der Waals surface area contributed by atoms with Crippen LogP contribution < -0.4 is 5.73 Å². The Kier molecular flexibility index (Phi) is 5.45. The van der Waals surface area contributed by atoms with Gasteiger partial charge in [-0.1, -0.05) is 12.1 Å². The molecule has 0 aliphatic carbocycles. The predicted octanol–water partition coefficient (Wildman–Crippen LogP) is 0.639. The van der Waals surface area contributed by atoms with Gasteiger partial charge in [-0.15, -0.1) is 0 Å². The van der Waals surface area contributed by atoms with Crippen molar-refractivity contribution in [3.63, 3.8) is 0 Å². The lowest BCUT2D eigenvalue weighted by atomic mass is 10.1. The summed E-state index contributed by atoms with van der Waals surface area (Å²) in [5.74, 6) is -0.988. The molecule has 0 bridgehead atoms. The summed E-state index contributed by atoms with van der Waals surface area (Å²) in [5.41, 5.74) is 6.18. The summed E-state index contributed by atoms with van der Waals surface area (Å²) in [6, 6.07) is 6.66. The van der Waals surface area contributed by atoms with Gasteiger partial charge >= 0.3 is 0 Å². The van der Waals surface area contributed by atoms with E-state index in [-0.39, 0.29) is 18.6 Å². The number of piperidine rings is 1. The molecule has 0 saturated carbocycles. The third-order valence-corrected chi connectivity index (χ3v) is 4.67. The molecule has 0 aromatic heterocycles. The summed E-state index contributed by atoms with van der Waals surface area (Å²) < 4.78 is 5.72. The molecule has 25 heavy (non-hydrogen) atoms. The number of amides is 3. The molecular weight excluding hydrogens is 322 g/mol. The van der Waals surface area contributed by atoms with E-state index in [1.807, 2.05) is 0 Å². The first-order valence-electron chi connectivity index (χ1n) is 8.66. The molecule has 2 aliphatic heterocycles. The van der Waals surface area contributed by atoms with Crippen LogP contribution >= 0.6 is 0 Å². The number of hydrogen-bond acceptors (Lipinski definition) is 5. The lowest BCUT2D eigenvalue weighted by molar-refractivity contribution is -0.134. The SMILES string of the molecule is NCCCOC1CCN(C(=O)CN2C(=O)c3ccccc3C2=O)CC1. The maximum absolute atomic E-state index is 12.5. The minimum atomic E-state index is -0.394. The van der Waals surface area contributed by atoms with Crippen LogP contribution in [0.15, 0.2) is 24.3 Å². The van der Waals surface area contributed by atoms with Crippen molar-refractivity contribution in [1.82, 2.24) is 9.80 Å². The van der Waals surface area contributed by atoms with Gasteiger partial charge in [-0.2, -0.15) is 0 Å². The zero-order valence-corrected chi connectivity index (χ0v) is 14.1. The number of benzene rings is 1. The Morgan fingerprint density at radius 1 is 1.12 bits per heavy atom. The molecule has 1 aromatic rings. The van der Waals surface area contributed by atoms with Crippen LogP contribution in [0.5, 0.6) is 0 Å². The molecule has 2 aliphatic rings. The molecule has 3 amide bonds. The van der Waals surface area contributed by atoms with E-state index >= 15 is 0 Å². The van der Waals surface area contributed by atoms with Crippen molar-refractivity contribution in [1.29, 1.82) is 0 Å². The van der Waals surface area contributed by atoms with E-state index in [0.717, 1.165) is 24.2 Å². The number of carbonyl (C=O) groups is 3. The van der Waals surface area contributed by atoms with Gasteiger partial charge in [0.2, 0.25) is 5.91 Å². The Hall–Kier alpha value is -2.25.